The average molecular weight is 349 g/mol. The van der Waals surface area contributed by atoms with E-state index >= 15 is 0 Å². The molecule has 0 aliphatic heterocycles. The summed E-state index contributed by atoms with van der Waals surface area (Å²) in [5.74, 6) is 1.16. The third kappa shape index (κ3) is 3.03. The molecule has 0 radical (unpaired) electrons. The fourth-order valence-electron chi connectivity index (χ4n) is 2.78. The smallest absolute Gasteiger partial charge is 0.283 e. The van der Waals surface area contributed by atoms with Gasteiger partial charge in [-0.2, -0.15) is 0 Å². The van der Waals surface area contributed by atoms with Gasteiger partial charge in [-0.25, -0.2) is 4.68 Å². The first-order chi connectivity index (χ1) is 12.8. The lowest BCUT2D eigenvalue weighted by molar-refractivity contribution is 0.522. The average Bonchev–Trinajstić information content (AvgIpc) is 3.40. The molecular formula is C19H19N5O2. The molecule has 7 heteroatoms. The van der Waals surface area contributed by atoms with Gasteiger partial charge in [0, 0.05) is 0 Å². The molecular weight excluding hydrogens is 330 g/mol. The van der Waals surface area contributed by atoms with E-state index < -0.39 is 0 Å². The predicted octanol–water partition coefficient (Wildman–Crippen LogP) is 4.23. The number of nitrogens with zero attached hydrogens (tertiary/aromatic N) is 5. The van der Waals surface area contributed by atoms with Crippen molar-refractivity contribution in [3.63, 3.8) is 0 Å². The second kappa shape index (κ2) is 6.95. The number of unbranched alkanes of at least 4 members (excludes halogenated alkanes) is 1. The molecule has 0 aliphatic carbocycles. The number of hydrogen-bond acceptors (Lipinski definition) is 6. The minimum atomic E-state index is 0.319. The SMILES string of the molecule is CCCCc1ccc(-n2nnc(-c3nnc(-c4ccco4)o3)c2C)cc1. The van der Waals surface area contributed by atoms with Gasteiger partial charge >= 0.3 is 0 Å². The van der Waals surface area contributed by atoms with Gasteiger partial charge in [0.05, 0.1) is 17.6 Å². The van der Waals surface area contributed by atoms with Crippen molar-refractivity contribution in [2.24, 2.45) is 0 Å². The molecule has 3 heterocycles. The number of benzene rings is 1. The number of hydrogen-bond donors (Lipinski definition) is 0. The van der Waals surface area contributed by atoms with Crippen LogP contribution in [-0.4, -0.2) is 25.2 Å². The molecule has 4 rings (SSSR count). The monoisotopic (exact) mass is 349 g/mol. The first kappa shape index (κ1) is 16.3. The lowest BCUT2D eigenvalue weighted by Gasteiger charge is -2.05. The maximum Gasteiger partial charge on any atom is 0.283 e. The lowest BCUT2D eigenvalue weighted by atomic mass is 10.1. The summed E-state index contributed by atoms with van der Waals surface area (Å²) in [4.78, 5) is 0. The second-order valence-electron chi connectivity index (χ2n) is 6.09. The van der Waals surface area contributed by atoms with E-state index in [0.717, 1.165) is 17.8 Å². The first-order valence-electron chi connectivity index (χ1n) is 8.65. The standard InChI is InChI=1S/C19H19N5O2/c1-3-4-6-14-8-10-15(11-9-14)24-13(2)17(20-23-24)19-22-21-18(26-19)16-7-5-12-25-16/h5,7-12H,3-4,6H2,1-2H3. The van der Waals surface area contributed by atoms with Gasteiger partial charge in [0.1, 0.15) is 0 Å². The molecule has 0 saturated carbocycles. The van der Waals surface area contributed by atoms with Gasteiger partial charge in [-0.3, -0.25) is 0 Å². The van der Waals surface area contributed by atoms with E-state index in [4.69, 9.17) is 8.83 Å². The zero-order valence-electron chi connectivity index (χ0n) is 14.7. The van der Waals surface area contributed by atoms with Crippen molar-refractivity contribution < 1.29 is 8.83 Å². The Balaban J connectivity index is 1.60. The number of aromatic nitrogens is 5. The Bertz CT molecular complexity index is 984. The quantitative estimate of drug-likeness (QED) is 0.518. The maximum atomic E-state index is 5.68. The van der Waals surface area contributed by atoms with Crippen LogP contribution in [0.15, 0.2) is 51.5 Å². The van der Waals surface area contributed by atoms with E-state index in [-0.39, 0.29) is 0 Å². The normalized spacial score (nSPS) is 11.2. The van der Waals surface area contributed by atoms with Crippen LogP contribution in [0.2, 0.25) is 0 Å². The third-order valence-corrected chi connectivity index (χ3v) is 4.25. The molecule has 0 spiro atoms. The second-order valence-corrected chi connectivity index (χ2v) is 6.09. The van der Waals surface area contributed by atoms with Crippen molar-refractivity contribution in [3.05, 3.63) is 53.9 Å². The molecule has 0 fully saturated rings. The van der Waals surface area contributed by atoms with Crippen LogP contribution in [0.4, 0.5) is 0 Å². The summed E-state index contributed by atoms with van der Waals surface area (Å²) in [5.41, 5.74) is 3.67. The van der Waals surface area contributed by atoms with Crippen molar-refractivity contribution in [3.8, 4) is 28.9 Å². The topological polar surface area (TPSA) is 82.8 Å². The van der Waals surface area contributed by atoms with Crippen LogP contribution >= 0.6 is 0 Å². The Kier molecular flexibility index (Phi) is 4.35. The van der Waals surface area contributed by atoms with Crippen molar-refractivity contribution in [2.45, 2.75) is 33.1 Å². The van der Waals surface area contributed by atoms with Gasteiger partial charge in [0.15, 0.2) is 11.5 Å². The zero-order valence-corrected chi connectivity index (χ0v) is 14.7. The fourth-order valence-corrected chi connectivity index (χ4v) is 2.78. The van der Waals surface area contributed by atoms with Gasteiger partial charge < -0.3 is 8.83 Å². The highest BCUT2D eigenvalue weighted by molar-refractivity contribution is 5.54. The van der Waals surface area contributed by atoms with Gasteiger partial charge in [0.2, 0.25) is 0 Å². The highest BCUT2D eigenvalue weighted by atomic mass is 16.4. The highest BCUT2D eigenvalue weighted by Crippen LogP contribution is 2.25. The summed E-state index contributed by atoms with van der Waals surface area (Å²) in [5, 5.41) is 16.5. The molecule has 132 valence electrons. The Morgan fingerprint density at radius 3 is 2.54 bits per heavy atom. The highest BCUT2D eigenvalue weighted by Gasteiger charge is 2.19. The van der Waals surface area contributed by atoms with Crippen LogP contribution in [0, 0.1) is 6.92 Å². The van der Waals surface area contributed by atoms with Crippen LogP contribution in [0.25, 0.3) is 28.9 Å². The molecule has 0 N–H and O–H groups in total. The molecule has 0 saturated heterocycles. The Labute approximate surface area is 150 Å². The van der Waals surface area contributed by atoms with Crippen LogP contribution in [-0.2, 0) is 6.42 Å². The Hall–Kier alpha value is -3.22. The van der Waals surface area contributed by atoms with Gasteiger partial charge in [-0.1, -0.05) is 30.7 Å². The lowest BCUT2D eigenvalue weighted by Crippen LogP contribution is -1.99. The summed E-state index contributed by atoms with van der Waals surface area (Å²) in [6.45, 7) is 4.13. The minimum Gasteiger partial charge on any atom is -0.459 e. The number of furan rings is 1. The van der Waals surface area contributed by atoms with E-state index in [1.54, 1.807) is 23.1 Å². The van der Waals surface area contributed by atoms with Gasteiger partial charge in [0.25, 0.3) is 11.8 Å². The van der Waals surface area contributed by atoms with E-state index in [9.17, 15) is 0 Å². The summed E-state index contributed by atoms with van der Waals surface area (Å²) < 4.78 is 12.7. The van der Waals surface area contributed by atoms with Crippen LogP contribution in [0.3, 0.4) is 0 Å². The summed E-state index contributed by atoms with van der Waals surface area (Å²) in [6, 6.07) is 11.9. The molecule has 0 bridgehead atoms. The fraction of sp³-hybridized carbons (Fsp3) is 0.263. The number of rotatable bonds is 6. The maximum absolute atomic E-state index is 5.68. The van der Waals surface area contributed by atoms with Crippen LogP contribution in [0.1, 0.15) is 31.0 Å². The molecule has 0 amide bonds. The third-order valence-electron chi connectivity index (χ3n) is 4.25. The largest absolute Gasteiger partial charge is 0.459 e. The Morgan fingerprint density at radius 2 is 1.81 bits per heavy atom. The molecule has 0 atom stereocenters. The predicted molar refractivity (Wildman–Crippen MR) is 95.7 cm³/mol. The molecule has 3 aromatic heterocycles. The number of aryl methyl sites for hydroxylation is 1. The van der Waals surface area contributed by atoms with Crippen molar-refractivity contribution >= 4 is 0 Å². The first-order valence-corrected chi connectivity index (χ1v) is 8.65. The molecule has 0 unspecified atom stereocenters. The zero-order chi connectivity index (χ0) is 17.9. The molecule has 26 heavy (non-hydrogen) atoms. The minimum absolute atomic E-state index is 0.319. The molecule has 4 aromatic rings. The van der Waals surface area contributed by atoms with Crippen molar-refractivity contribution in [1.29, 1.82) is 0 Å². The van der Waals surface area contributed by atoms with E-state index in [0.29, 0.717) is 23.2 Å². The van der Waals surface area contributed by atoms with E-state index in [1.807, 2.05) is 6.92 Å². The van der Waals surface area contributed by atoms with Crippen LogP contribution in [0.5, 0.6) is 0 Å². The van der Waals surface area contributed by atoms with E-state index in [2.05, 4.69) is 51.7 Å². The van der Waals surface area contributed by atoms with E-state index in [1.165, 1.54) is 18.4 Å². The Morgan fingerprint density at radius 1 is 1.00 bits per heavy atom. The van der Waals surface area contributed by atoms with Crippen LogP contribution < -0.4 is 0 Å². The molecule has 1 aromatic carbocycles. The van der Waals surface area contributed by atoms with Gasteiger partial charge in [-0.05, 0) is 49.6 Å². The summed E-state index contributed by atoms with van der Waals surface area (Å²) >= 11 is 0. The summed E-state index contributed by atoms with van der Waals surface area (Å²) in [7, 11) is 0. The van der Waals surface area contributed by atoms with Crippen molar-refractivity contribution in [2.75, 3.05) is 0 Å². The van der Waals surface area contributed by atoms with Gasteiger partial charge in [-0.15, -0.1) is 15.3 Å². The van der Waals surface area contributed by atoms with Crippen molar-refractivity contribution in [1.82, 2.24) is 25.2 Å². The molecule has 0 aliphatic rings. The molecule has 7 nitrogen and oxygen atoms in total. The summed E-state index contributed by atoms with van der Waals surface area (Å²) in [6.07, 6.45) is 5.04.